The standard InChI is InChI=1S/C13H20N2O3/c1-3-17-11-6-4-5-7-12(11)18-9-13(16)15-10(2)8-14/h4-7,10H,3,8-9,14H2,1-2H3,(H,15,16)/t10-/m0/s1. The number of nitrogens with two attached hydrogens (primary N) is 1. The number of hydrogen-bond acceptors (Lipinski definition) is 4. The Labute approximate surface area is 107 Å². The lowest BCUT2D eigenvalue weighted by molar-refractivity contribution is -0.123. The number of hydrogen-bond donors (Lipinski definition) is 2. The Bertz CT molecular complexity index is 382. The third kappa shape index (κ3) is 4.63. The maximum Gasteiger partial charge on any atom is 0.258 e. The number of para-hydroxylation sites is 2. The molecule has 100 valence electrons. The van der Waals surface area contributed by atoms with Crippen LogP contribution in [0.15, 0.2) is 24.3 Å². The van der Waals surface area contributed by atoms with E-state index in [2.05, 4.69) is 5.32 Å². The second-order valence-corrected chi connectivity index (χ2v) is 3.87. The number of benzene rings is 1. The van der Waals surface area contributed by atoms with Crippen molar-refractivity contribution in [3.8, 4) is 11.5 Å². The van der Waals surface area contributed by atoms with Crippen molar-refractivity contribution in [2.75, 3.05) is 19.8 Å². The Kier molecular flexibility index (Phi) is 6.00. The van der Waals surface area contributed by atoms with Gasteiger partial charge in [-0.25, -0.2) is 0 Å². The van der Waals surface area contributed by atoms with Gasteiger partial charge in [0, 0.05) is 12.6 Å². The molecule has 0 aliphatic carbocycles. The van der Waals surface area contributed by atoms with Crippen LogP contribution in [0.4, 0.5) is 0 Å². The summed E-state index contributed by atoms with van der Waals surface area (Å²) >= 11 is 0. The molecule has 0 unspecified atom stereocenters. The number of amides is 1. The zero-order chi connectivity index (χ0) is 13.4. The van der Waals surface area contributed by atoms with Gasteiger partial charge < -0.3 is 20.5 Å². The van der Waals surface area contributed by atoms with E-state index in [0.29, 0.717) is 24.7 Å². The van der Waals surface area contributed by atoms with E-state index in [1.54, 1.807) is 12.1 Å². The lowest BCUT2D eigenvalue weighted by Crippen LogP contribution is -2.40. The second-order valence-electron chi connectivity index (χ2n) is 3.87. The molecule has 5 heteroatoms. The van der Waals surface area contributed by atoms with Crippen molar-refractivity contribution in [2.24, 2.45) is 5.73 Å². The molecule has 0 saturated carbocycles. The second kappa shape index (κ2) is 7.55. The summed E-state index contributed by atoms with van der Waals surface area (Å²) in [6.45, 7) is 4.64. The summed E-state index contributed by atoms with van der Waals surface area (Å²) in [6, 6.07) is 7.21. The first kappa shape index (κ1) is 14.3. The van der Waals surface area contributed by atoms with E-state index in [0.717, 1.165) is 0 Å². The fourth-order valence-corrected chi connectivity index (χ4v) is 1.36. The fourth-order valence-electron chi connectivity index (χ4n) is 1.36. The van der Waals surface area contributed by atoms with Gasteiger partial charge in [0.2, 0.25) is 0 Å². The Balaban J connectivity index is 2.50. The zero-order valence-electron chi connectivity index (χ0n) is 10.8. The number of rotatable bonds is 7. The molecule has 0 aromatic heterocycles. The molecule has 1 amide bonds. The first-order chi connectivity index (χ1) is 8.67. The summed E-state index contributed by atoms with van der Waals surface area (Å²) in [5.41, 5.74) is 5.42. The highest BCUT2D eigenvalue weighted by Crippen LogP contribution is 2.26. The molecule has 0 aliphatic heterocycles. The summed E-state index contributed by atoms with van der Waals surface area (Å²) in [5.74, 6) is 1.01. The Hall–Kier alpha value is -1.75. The van der Waals surface area contributed by atoms with Gasteiger partial charge in [-0.3, -0.25) is 4.79 Å². The average molecular weight is 252 g/mol. The summed E-state index contributed by atoms with van der Waals surface area (Å²) < 4.78 is 10.8. The van der Waals surface area contributed by atoms with Crippen molar-refractivity contribution >= 4 is 5.91 Å². The lowest BCUT2D eigenvalue weighted by atomic mass is 10.3. The fraction of sp³-hybridized carbons (Fsp3) is 0.462. The van der Waals surface area contributed by atoms with E-state index in [1.807, 2.05) is 26.0 Å². The maximum absolute atomic E-state index is 11.5. The summed E-state index contributed by atoms with van der Waals surface area (Å²) in [4.78, 5) is 11.5. The molecule has 1 aromatic carbocycles. The van der Waals surface area contributed by atoms with E-state index in [4.69, 9.17) is 15.2 Å². The highest BCUT2D eigenvalue weighted by Gasteiger charge is 2.08. The van der Waals surface area contributed by atoms with Gasteiger partial charge in [0.1, 0.15) is 0 Å². The average Bonchev–Trinajstić information content (AvgIpc) is 2.38. The van der Waals surface area contributed by atoms with Crippen LogP contribution in [0.2, 0.25) is 0 Å². The van der Waals surface area contributed by atoms with Crippen molar-refractivity contribution in [2.45, 2.75) is 19.9 Å². The van der Waals surface area contributed by atoms with Crippen molar-refractivity contribution < 1.29 is 14.3 Å². The molecule has 0 fully saturated rings. The van der Waals surface area contributed by atoms with E-state index in [1.165, 1.54) is 0 Å². The third-order valence-electron chi connectivity index (χ3n) is 2.27. The van der Waals surface area contributed by atoms with Crippen LogP contribution in [0.1, 0.15) is 13.8 Å². The van der Waals surface area contributed by atoms with Crippen molar-refractivity contribution in [3.63, 3.8) is 0 Å². The quantitative estimate of drug-likeness (QED) is 0.757. The number of nitrogens with one attached hydrogen (secondary N) is 1. The summed E-state index contributed by atoms with van der Waals surface area (Å²) in [6.07, 6.45) is 0. The molecule has 0 saturated heterocycles. The van der Waals surface area contributed by atoms with Gasteiger partial charge in [-0.2, -0.15) is 0 Å². The molecule has 5 nitrogen and oxygen atoms in total. The number of ether oxygens (including phenoxy) is 2. The molecule has 0 aliphatic rings. The molecule has 0 bridgehead atoms. The molecule has 0 spiro atoms. The molecule has 18 heavy (non-hydrogen) atoms. The van der Waals surface area contributed by atoms with E-state index in [-0.39, 0.29) is 18.6 Å². The Morgan fingerprint density at radius 2 is 1.94 bits per heavy atom. The number of carbonyl (C=O) groups is 1. The van der Waals surface area contributed by atoms with Gasteiger partial charge in [-0.05, 0) is 26.0 Å². The minimum atomic E-state index is -0.195. The van der Waals surface area contributed by atoms with Crippen molar-refractivity contribution in [1.29, 1.82) is 0 Å². The molecule has 1 rings (SSSR count). The van der Waals surface area contributed by atoms with Gasteiger partial charge in [0.15, 0.2) is 18.1 Å². The van der Waals surface area contributed by atoms with Crippen LogP contribution in [0.5, 0.6) is 11.5 Å². The predicted molar refractivity (Wildman–Crippen MR) is 69.8 cm³/mol. The molecule has 0 heterocycles. The topological polar surface area (TPSA) is 73.6 Å². The third-order valence-corrected chi connectivity index (χ3v) is 2.27. The normalized spacial score (nSPS) is 11.7. The van der Waals surface area contributed by atoms with Crippen LogP contribution in [-0.2, 0) is 4.79 Å². The van der Waals surface area contributed by atoms with E-state index in [9.17, 15) is 4.79 Å². The largest absolute Gasteiger partial charge is 0.490 e. The lowest BCUT2D eigenvalue weighted by Gasteiger charge is -2.13. The molecular formula is C13H20N2O3. The molecule has 3 N–H and O–H groups in total. The predicted octanol–water partition coefficient (Wildman–Crippen LogP) is 0.927. The Morgan fingerprint density at radius 3 is 2.50 bits per heavy atom. The molecular weight excluding hydrogens is 232 g/mol. The van der Waals surface area contributed by atoms with Gasteiger partial charge >= 0.3 is 0 Å². The Morgan fingerprint density at radius 1 is 1.33 bits per heavy atom. The van der Waals surface area contributed by atoms with Crippen molar-refractivity contribution in [3.05, 3.63) is 24.3 Å². The highest BCUT2D eigenvalue weighted by atomic mass is 16.5. The highest BCUT2D eigenvalue weighted by molar-refractivity contribution is 5.77. The SMILES string of the molecule is CCOc1ccccc1OCC(=O)N[C@@H](C)CN. The van der Waals surface area contributed by atoms with Gasteiger partial charge in [0.25, 0.3) is 5.91 Å². The van der Waals surface area contributed by atoms with Gasteiger partial charge in [-0.1, -0.05) is 12.1 Å². The first-order valence-electron chi connectivity index (χ1n) is 6.01. The minimum Gasteiger partial charge on any atom is -0.490 e. The van der Waals surface area contributed by atoms with Gasteiger partial charge in [-0.15, -0.1) is 0 Å². The van der Waals surface area contributed by atoms with Crippen LogP contribution >= 0.6 is 0 Å². The summed E-state index contributed by atoms with van der Waals surface area (Å²) in [5, 5.41) is 2.72. The zero-order valence-corrected chi connectivity index (χ0v) is 10.8. The first-order valence-corrected chi connectivity index (χ1v) is 6.01. The van der Waals surface area contributed by atoms with Gasteiger partial charge in [0.05, 0.1) is 6.61 Å². The molecule has 0 radical (unpaired) electrons. The van der Waals surface area contributed by atoms with Crippen LogP contribution in [0.3, 0.4) is 0 Å². The van der Waals surface area contributed by atoms with Crippen LogP contribution in [0, 0.1) is 0 Å². The van der Waals surface area contributed by atoms with Crippen LogP contribution < -0.4 is 20.5 Å². The summed E-state index contributed by atoms with van der Waals surface area (Å²) in [7, 11) is 0. The monoisotopic (exact) mass is 252 g/mol. The minimum absolute atomic E-state index is 0.0472. The number of carbonyl (C=O) groups excluding carboxylic acids is 1. The maximum atomic E-state index is 11.5. The van der Waals surface area contributed by atoms with E-state index < -0.39 is 0 Å². The smallest absolute Gasteiger partial charge is 0.258 e. The van der Waals surface area contributed by atoms with Crippen LogP contribution in [0.25, 0.3) is 0 Å². The van der Waals surface area contributed by atoms with E-state index >= 15 is 0 Å². The van der Waals surface area contributed by atoms with Crippen LogP contribution in [-0.4, -0.2) is 31.7 Å². The molecule has 1 aromatic rings. The molecule has 1 atom stereocenters. The van der Waals surface area contributed by atoms with Crippen molar-refractivity contribution in [1.82, 2.24) is 5.32 Å².